The molecule has 2 rings (SSSR count). The number of amides is 1. The van der Waals surface area contributed by atoms with Crippen LogP contribution < -0.4 is 10.6 Å². The van der Waals surface area contributed by atoms with Gasteiger partial charge in [0, 0.05) is 31.9 Å². The number of anilines is 1. The molecule has 2 aromatic rings. The second-order valence-corrected chi connectivity index (χ2v) is 4.26. The number of carbonyl (C=O) groups is 1. The zero-order chi connectivity index (χ0) is 15.2. The van der Waals surface area contributed by atoms with Crippen LogP contribution in [0.25, 0.3) is 0 Å². The van der Waals surface area contributed by atoms with E-state index in [4.69, 9.17) is 0 Å². The first-order chi connectivity index (χ1) is 10.1. The minimum Gasteiger partial charge on any atom is -0.372 e. The average molecular weight is 286 g/mol. The summed E-state index contributed by atoms with van der Waals surface area (Å²) in [4.78, 5) is 26.2. The van der Waals surface area contributed by atoms with Gasteiger partial charge in [-0.05, 0) is 17.7 Å². The maximum atomic E-state index is 12.1. The Balaban J connectivity index is 2.02. The van der Waals surface area contributed by atoms with E-state index >= 15 is 0 Å². The lowest BCUT2D eigenvalue weighted by molar-refractivity contribution is -0.384. The van der Waals surface area contributed by atoms with Crippen molar-refractivity contribution in [1.29, 1.82) is 0 Å². The Morgan fingerprint density at radius 3 is 2.62 bits per heavy atom. The van der Waals surface area contributed by atoms with Crippen molar-refractivity contribution in [2.75, 3.05) is 12.4 Å². The number of non-ortho nitro benzene ring substituents is 1. The number of benzene rings is 1. The van der Waals surface area contributed by atoms with E-state index in [1.165, 1.54) is 12.1 Å². The van der Waals surface area contributed by atoms with Crippen LogP contribution in [0.5, 0.6) is 0 Å². The highest BCUT2D eigenvalue weighted by Gasteiger charge is 2.11. The number of nitro groups is 1. The van der Waals surface area contributed by atoms with Crippen LogP contribution in [0.15, 0.2) is 42.6 Å². The van der Waals surface area contributed by atoms with Crippen molar-refractivity contribution in [3.63, 3.8) is 0 Å². The van der Waals surface area contributed by atoms with Gasteiger partial charge in [0.2, 0.25) is 0 Å². The smallest absolute Gasteiger partial charge is 0.269 e. The molecule has 7 heteroatoms. The van der Waals surface area contributed by atoms with Gasteiger partial charge >= 0.3 is 0 Å². The molecule has 0 spiro atoms. The van der Waals surface area contributed by atoms with Crippen LogP contribution in [0, 0.1) is 10.1 Å². The van der Waals surface area contributed by atoms with E-state index in [2.05, 4.69) is 15.6 Å². The van der Waals surface area contributed by atoms with Crippen molar-refractivity contribution in [3.8, 4) is 0 Å². The van der Waals surface area contributed by atoms with Crippen LogP contribution in [-0.4, -0.2) is 22.9 Å². The van der Waals surface area contributed by atoms with Gasteiger partial charge in [-0.1, -0.05) is 12.1 Å². The Labute approximate surface area is 121 Å². The van der Waals surface area contributed by atoms with E-state index in [1.54, 1.807) is 37.5 Å². The summed E-state index contributed by atoms with van der Waals surface area (Å²) in [5.41, 5.74) is 1.25. The van der Waals surface area contributed by atoms with Crippen LogP contribution in [0.4, 0.5) is 11.5 Å². The molecular weight excluding hydrogens is 272 g/mol. The molecule has 0 fully saturated rings. The highest BCUT2D eigenvalue weighted by molar-refractivity contribution is 5.98. The second kappa shape index (κ2) is 6.47. The third-order valence-corrected chi connectivity index (χ3v) is 2.89. The van der Waals surface area contributed by atoms with Gasteiger partial charge < -0.3 is 10.6 Å². The van der Waals surface area contributed by atoms with Crippen LogP contribution in [0.3, 0.4) is 0 Å². The SMILES string of the molecule is CNc1ncccc1C(=O)NCc1ccc([N+](=O)[O-])cc1. The Kier molecular flexibility index (Phi) is 4.45. The molecule has 7 nitrogen and oxygen atoms in total. The fourth-order valence-corrected chi connectivity index (χ4v) is 1.80. The third-order valence-electron chi connectivity index (χ3n) is 2.89. The number of nitrogens with zero attached hydrogens (tertiary/aromatic N) is 2. The van der Waals surface area contributed by atoms with Crippen molar-refractivity contribution in [2.24, 2.45) is 0 Å². The summed E-state index contributed by atoms with van der Waals surface area (Å²) in [6, 6.07) is 9.39. The summed E-state index contributed by atoms with van der Waals surface area (Å²) in [5.74, 6) is 0.240. The molecule has 1 aromatic heterocycles. The quantitative estimate of drug-likeness (QED) is 0.647. The van der Waals surface area contributed by atoms with Crippen LogP contribution in [0.2, 0.25) is 0 Å². The van der Waals surface area contributed by atoms with Gasteiger partial charge in [0.05, 0.1) is 10.5 Å². The molecule has 0 aliphatic rings. The van der Waals surface area contributed by atoms with E-state index in [9.17, 15) is 14.9 Å². The third kappa shape index (κ3) is 3.53. The van der Waals surface area contributed by atoms with Gasteiger partial charge in [-0.25, -0.2) is 4.98 Å². The fraction of sp³-hybridized carbons (Fsp3) is 0.143. The minimum absolute atomic E-state index is 0.0230. The van der Waals surface area contributed by atoms with Gasteiger partial charge in [-0.15, -0.1) is 0 Å². The zero-order valence-corrected chi connectivity index (χ0v) is 11.4. The molecule has 2 N–H and O–H groups in total. The standard InChI is InChI=1S/C14H14N4O3/c1-15-13-12(3-2-8-16-13)14(19)17-9-10-4-6-11(7-5-10)18(20)21/h2-8H,9H2,1H3,(H,15,16)(H,17,19). The largest absolute Gasteiger partial charge is 0.372 e. The summed E-state index contributed by atoms with van der Waals surface area (Å²) in [5, 5.41) is 16.2. The Morgan fingerprint density at radius 2 is 2.00 bits per heavy atom. The van der Waals surface area contributed by atoms with E-state index < -0.39 is 4.92 Å². The number of carbonyl (C=O) groups excluding carboxylic acids is 1. The first-order valence-electron chi connectivity index (χ1n) is 6.26. The second-order valence-electron chi connectivity index (χ2n) is 4.26. The molecule has 0 saturated carbocycles. The Bertz CT molecular complexity index is 656. The Morgan fingerprint density at radius 1 is 1.29 bits per heavy atom. The van der Waals surface area contributed by atoms with Gasteiger partial charge in [-0.2, -0.15) is 0 Å². The average Bonchev–Trinajstić information content (AvgIpc) is 2.52. The number of aromatic nitrogens is 1. The summed E-state index contributed by atoms with van der Waals surface area (Å²) >= 11 is 0. The normalized spacial score (nSPS) is 9.95. The molecule has 0 unspecified atom stereocenters. The van der Waals surface area contributed by atoms with Crippen molar-refractivity contribution in [1.82, 2.24) is 10.3 Å². The molecule has 0 atom stereocenters. The summed E-state index contributed by atoms with van der Waals surface area (Å²) in [7, 11) is 1.69. The number of hydrogen-bond acceptors (Lipinski definition) is 5. The van der Waals surface area contributed by atoms with Crippen molar-refractivity contribution < 1.29 is 9.72 Å². The minimum atomic E-state index is -0.461. The maximum absolute atomic E-state index is 12.1. The summed E-state index contributed by atoms with van der Waals surface area (Å²) < 4.78 is 0. The zero-order valence-electron chi connectivity index (χ0n) is 11.4. The summed E-state index contributed by atoms with van der Waals surface area (Å²) in [6.45, 7) is 0.287. The lowest BCUT2D eigenvalue weighted by Crippen LogP contribution is -2.24. The molecule has 0 aliphatic carbocycles. The predicted octanol–water partition coefficient (Wildman–Crippen LogP) is 1.96. The van der Waals surface area contributed by atoms with Crippen LogP contribution >= 0.6 is 0 Å². The molecule has 1 heterocycles. The number of hydrogen-bond donors (Lipinski definition) is 2. The highest BCUT2D eigenvalue weighted by atomic mass is 16.6. The molecule has 0 radical (unpaired) electrons. The summed E-state index contributed by atoms with van der Waals surface area (Å²) in [6.07, 6.45) is 1.60. The number of nitro benzene ring substituents is 1. The fourth-order valence-electron chi connectivity index (χ4n) is 1.80. The van der Waals surface area contributed by atoms with E-state index in [0.29, 0.717) is 11.4 Å². The number of pyridine rings is 1. The van der Waals surface area contributed by atoms with E-state index in [1.807, 2.05) is 0 Å². The van der Waals surface area contributed by atoms with Crippen molar-refractivity contribution in [3.05, 3.63) is 63.8 Å². The lowest BCUT2D eigenvalue weighted by atomic mass is 10.2. The molecular formula is C14H14N4O3. The van der Waals surface area contributed by atoms with E-state index in [0.717, 1.165) is 5.56 Å². The van der Waals surface area contributed by atoms with Gasteiger partial charge in [0.15, 0.2) is 0 Å². The van der Waals surface area contributed by atoms with E-state index in [-0.39, 0.29) is 18.1 Å². The molecule has 108 valence electrons. The van der Waals surface area contributed by atoms with Crippen LogP contribution in [-0.2, 0) is 6.54 Å². The molecule has 1 amide bonds. The first kappa shape index (κ1) is 14.4. The van der Waals surface area contributed by atoms with Crippen molar-refractivity contribution >= 4 is 17.4 Å². The first-order valence-corrected chi connectivity index (χ1v) is 6.26. The van der Waals surface area contributed by atoms with Gasteiger partial charge in [-0.3, -0.25) is 14.9 Å². The van der Waals surface area contributed by atoms with Gasteiger partial charge in [0.25, 0.3) is 11.6 Å². The number of rotatable bonds is 5. The molecule has 0 aliphatic heterocycles. The topological polar surface area (TPSA) is 97.2 Å². The Hall–Kier alpha value is -2.96. The lowest BCUT2D eigenvalue weighted by Gasteiger charge is -2.08. The molecule has 0 saturated heterocycles. The molecule has 0 bridgehead atoms. The molecule has 1 aromatic carbocycles. The van der Waals surface area contributed by atoms with Crippen molar-refractivity contribution in [2.45, 2.75) is 6.54 Å². The monoisotopic (exact) mass is 286 g/mol. The van der Waals surface area contributed by atoms with Gasteiger partial charge in [0.1, 0.15) is 5.82 Å². The highest BCUT2D eigenvalue weighted by Crippen LogP contribution is 2.13. The maximum Gasteiger partial charge on any atom is 0.269 e. The molecule has 21 heavy (non-hydrogen) atoms. The van der Waals surface area contributed by atoms with Crippen LogP contribution in [0.1, 0.15) is 15.9 Å². The number of nitrogens with one attached hydrogen (secondary N) is 2. The predicted molar refractivity (Wildman–Crippen MR) is 78.1 cm³/mol.